The van der Waals surface area contributed by atoms with Crippen molar-refractivity contribution in [2.24, 2.45) is 0 Å². The third-order valence-electron chi connectivity index (χ3n) is 5.68. The van der Waals surface area contributed by atoms with Gasteiger partial charge in [0.25, 0.3) is 0 Å². The van der Waals surface area contributed by atoms with Gasteiger partial charge in [-0.1, -0.05) is 6.92 Å². The number of aromatic nitrogens is 6. The summed E-state index contributed by atoms with van der Waals surface area (Å²) in [6, 6.07) is 0.170. The van der Waals surface area contributed by atoms with Crippen LogP contribution >= 0.6 is 0 Å². The molecule has 1 fully saturated rings. The molecule has 1 aliphatic heterocycles. The maximum atomic E-state index is 12.0. The number of anilines is 1. The lowest BCUT2D eigenvalue weighted by Gasteiger charge is -2.16. The minimum absolute atomic E-state index is 0.170. The average Bonchev–Trinajstić information content (AvgIpc) is 3.44. The van der Waals surface area contributed by atoms with Crippen molar-refractivity contribution in [2.75, 3.05) is 18.4 Å². The fourth-order valence-electron chi connectivity index (χ4n) is 4.05. The minimum Gasteiger partial charge on any atom is -0.364 e. The second-order valence-electron chi connectivity index (χ2n) is 7.36. The number of nitrogens with one attached hydrogen (secondary N) is 1. The molecule has 154 valence electrons. The number of rotatable bonds is 6. The van der Waals surface area contributed by atoms with E-state index >= 15 is 0 Å². The van der Waals surface area contributed by atoms with Gasteiger partial charge in [0, 0.05) is 44.3 Å². The van der Waals surface area contributed by atoms with Gasteiger partial charge in [0.05, 0.1) is 11.8 Å². The molecule has 3 aromatic rings. The van der Waals surface area contributed by atoms with Crippen molar-refractivity contribution in [1.82, 2.24) is 34.2 Å². The summed E-state index contributed by atoms with van der Waals surface area (Å²) in [4.78, 5) is 27.8. The van der Waals surface area contributed by atoms with E-state index in [1.54, 1.807) is 6.33 Å². The Bertz CT molecular complexity index is 1040. The summed E-state index contributed by atoms with van der Waals surface area (Å²) >= 11 is 0. The molecule has 1 atom stereocenters. The standard InChI is InChI=1S/C20H28N8O/c1-5-16(29)26-9-8-14(11-26)24-18-17-20(22-12-21-18)27(6-2)19(25-17)15-10-23-28(7-3)13(15)4/h10,12,14H,5-9,11H2,1-4H3,(H,21,22,24)/t14-/m0/s1. The Hall–Kier alpha value is -2.97. The topological polar surface area (TPSA) is 93.8 Å². The summed E-state index contributed by atoms with van der Waals surface area (Å²) in [6.45, 7) is 11.2. The van der Waals surface area contributed by atoms with Crippen LogP contribution in [-0.4, -0.2) is 59.2 Å². The Morgan fingerprint density at radius 2 is 2.07 bits per heavy atom. The van der Waals surface area contributed by atoms with Crippen LogP contribution < -0.4 is 5.32 Å². The van der Waals surface area contributed by atoms with Crippen LogP contribution in [0.1, 0.15) is 39.3 Å². The maximum absolute atomic E-state index is 12.0. The largest absolute Gasteiger partial charge is 0.364 e. The van der Waals surface area contributed by atoms with Crippen LogP contribution in [0.5, 0.6) is 0 Å². The first-order valence-electron chi connectivity index (χ1n) is 10.4. The minimum atomic E-state index is 0.170. The number of amides is 1. The summed E-state index contributed by atoms with van der Waals surface area (Å²) in [5.74, 6) is 1.78. The second-order valence-corrected chi connectivity index (χ2v) is 7.36. The van der Waals surface area contributed by atoms with E-state index in [0.717, 1.165) is 60.1 Å². The van der Waals surface area contributed by atoms with Crippen molar-refractivity contribution in [3.63, 3.8) is 0 Å². The van der Waals surface area contributed by atoms with Crippen LogP contribution in [0.15, 0.2) is 12.5 Å². The Balaban J connectivity index is 1.69. The van der Waals surface area contributed by atoms with Gasteiger partial charge in [-0.25, -0.2) is 15.0 Å². The number of fused-ring (bicyclic) bond motifs is 1. The van der Waals surface area contributed by atoms with Crippen molar-refractivity contribution in [1.29, 1.82) is 0 Å². The molecule has 0 bridgehead atoms. The fourth-order valence-corrected chi connectivity index (χ4v) is 4.05. The predicted molar refractivity (Wildman–Crippen MR) is 112 cm³/mol. The zero-order chi connectivity index (χ0) is 20.5. The molecule has 0 radical (unpaired) electrons. The normalized spacial score (nSPS) is 16.7. The van der Waals surface area contributed by atoms with Crippen LogP contribution in [0.4, 0.5) is 5.82 Å². The van der Waals surface area contributed by atoms with Gasteiger partial charge >= 0.3 is 0 Å². The molecule has 4 heterocycles. The predicted octanol–water partition coefficient (Wildman–Crippen LogP) is 2.46. The lowest BCUT2D eigenvalue weighted by molar-refractivity contribution is -0.129. The molecule has 9 nitrogen and oxygen atoms in total. The van der Waals surface area contributed by atoms with Crippen molar-refractivity contribution < 1.29 is 4.79 Å². The molecular weight excluding hydrogens is 368 g/mol. The van der Waals surface area contributed by atoms with Gasteiger partial charge < -0.3 is 14.8 Å². The van der Waals surface area contributed by atoms with Gasteiger partial charge in [0.1, 0.15) is 12.2 Å². The van der Waals surface area contributed by atoms with E-state index in [4.69, 9.17) is 4.98 Å². The molecule has 0 unspecified atom stereocenters. The van der Waals surface area contributed by atoms with Crippen LogP contribution in [0.25, 0.3) is 22.6 Å². The number of hydrogen-bond acceptors (Lipinski definition) is 6. The van der Waals surface area contributed by atoms with Gasteiger partial charge in [-0.15, -0.1) is 0 Å². The monoisotopic (exact) mass is 396 g/mol. The highest BCUT2D eigenvalue weighted by Gasteiger charge is 2.27. The quantitative estimate of drug-likeness (QED) is 0.688. The molecule has 1 aliphatic rings. The van der Waals surface area contributed by atoms with Gasteiger partial charge in [0.15, 0.2) is 17.0 Å². The van der Waals surface area contributed by atoms with E-state index in [0.29, 0.717) is 13.0 Å². The molecule has 29 heavy (non-hydrogen) atoms. The summed E-state index contributed by atoms with van der Waals surface area (Å²) < 4.78 is 4.07. The van der Waals surface area contributed by atoms with Crippen molar-refractivity contribution in [3.8, 4) is 11.4 Å². The van der Waals surface area contributed by atoms with Crippen LogP contribution in [0.2, 0.25) is 0 Å². The van der Waals surface area contributed by atoms with E-state index in [1.165, 1.54) is 0 Å². The first-order chi connectivity index (χ1) is 14.1. The Kier molecular flexibility index (Phi) is 5.21. The average molecular weight is 396 g/mol. The van der Waals surface area contributed by atoms with Crippen LogP contribution in [0, 0.1) is 6.92 Å². The molecule has 1 amide bonds. The molecule has 1 N–H and O–H groups in total. The highest BCUT2D eigenvalue weighted by molar-refractivity contribution is 5.86. The van der Waals surface area contributed by atoms with Crippen molar-refractivity contribution in [3.05, 3.63) is 18.2 Å². The molecule has 0 saturated carbocycles. The second kappa shape index (κ2) is 7.81. The number of carbonyl (C=O) groups excluding carboxylic acids is 1. The molecule has 0 aliphatic carbocycles. The van der Waals surface area contributed by atoms with E-state index < -0.39 is 0 Å². The van der Waals surface area contributed by atoms with Crippen LogP contribution in [0.3, 0.4) is 0 Å². The third kappa shape index (κ3) is 3.34. The van der Waals surface area contributed by atoms with Gasteiger partial charge in [-0.3, -0.25) is 9.48 Å². The van der Waals surface area contributed by atoms with E-state index in [-0.39, 0.29) is 11.9 Å². The Morgan fingerprint density at radius 3 is 2.76 bits per heavy atom. The summed E-state index contributed by atoms with van der Waals surface area (Å²) in [5.41, 5.74) is 3.67. The van der Waals surface area contributed by atoms with Gasteiger partial charge in [0.2, 0.25) is 5.91 Å². The van der Waals surface area contributed by atoms with E-state index in [2.05, 4.69) is 45.7 Å². The van der Waals surface area contributed by atoms with Crippen LogP contribution in [-0.2, 0) is 17.9 Å². The van der Waals surface area contributed by atoms with E-state index in [9.17, 15) is 4.79 Å². The molecule has 1 saturated heterocycles. The molecule has 0 aromatic carbocycles. The number of hydrogen-bond donors (Lipinski definition) is 1. The summed E-state index contributed by atoms with van der Waals surface area (Å²) in [5, 5.41) is 7.97. The SMILES string of the molecule is CCC(=O)N1CC[C@H](Nc2ncnc3c2nc(-c2cnn(CC)c2C)n3CC)C1. The number of nitrogens with zero attached hydrogens (tertiary/aromatic N) is 7. The third-order valence-corrected chi connectivity index (χ3v) is 5.68. The lowest BCUT2D eigenvalue weighted by atomic mass is 10.2. The fraction of sp³-hybridized carbons (Fsp3) is 0.550. The molecule has 9 heteroatoms. The molecule has 3 aromatic heterocycles. The maximum Gasteiger partial charge on any atom is 0.222 e. The molecule has 4 rings (SSSR count). The summed E-state index contributed by atoms with van der Waals surface area (Å²) in [6.07, 6.45) is 4.90. The highest BCUT2D eigenvalue weighted by Crippen LogP contribution is 2.29. The number of aryl methyl sites for hydroxylation is 2. The number of imidazole rings is 1. The van der Waals surface area contributed by atoms with Gasteiger partial charge in [-0.05, 0) is 27.2 Å². The Labute approximate surface area is 170 Å². The molecular formula is C20H28N8O. The first-order valence-corrected chi connectivity index (χ1v) is 10.4. The lowest BCUT2D eigenvalue weighted by Crippen LogP contribution is -2.31. The van der Waals surface area contributed by atoms with E-state index in [1.807, 2.05) is 22.7 Å². The smallest absolute Gasteiger partial charge is 0.222 e. The van der Waals surface area contributed by atoms with Crippen molar-refractivity contribution in [2.45, 2.75) is 59.7 Å². The highest BCUT2D eigenvalue weighted by atomic mass is 16.2. The zero-order valence-corrected chi connectivity index (χ0v) is 17.5. The van der Waals surface area contributed by atoms with Gasteiger partial charge in [-0.2, -0.15) is 5.10 Å². The number of likely N-dealkylation sites (tertiary alicyclic amines) is 1. The molecule has 0 spiro atoms. The zero-order valence-electron chi connectivity index (χ0n) is 17.5. The Morgan fingerprint density at radius 1 is 1.24 bits per heavy atom. The summed E-state index contributed by atoms with van der Waals surface area (Å²) in [7, 11) is 0. The first kappa shape index (κ1) is 19.4. The van der Waals surface area contributed by atoms with Crippen molar-refractivity contribution >= 4 is 22.9 Å². The number of carbonyl (C=O) groups is 1.